The predicted molar refractivity (Wildman–Crippen MR) is 287 cm³/mol. The molecular weight excluding hydrogens is 857 g/mol. The summed E-state index contributed by atoms with van der Waals surface area (Å²) in [6.45, 7) is 11.8. The Balaban J connectivity index is 1.28. The summed E-state index contributed by atoms with van der Waals surface area (Å²) in [5.74, 6) is 0. The second-order valence-electron chi connectivity index (χ2n) is 18.3. The number of aryl methyl sites for hydroxylation is 1. The van der Waals surface area contributed by atoms with Crippen LogP contribution in [0.2, 0.25) is 0 Å². The summed E-state index contributed by atoms with van der Waals surface area (Å²) in [6.07, 6.45) is 0. The molecule has 0 spiro atoms. The maximum Gasteiger partial charge on any atom is 0.237 e. The molecule has 7 heteroatoms. The maximum atomic E-state index is 12.4. The van der Waals surface area contributed by atoms with Crippen LogP contribution < -0.4 is 0 Å². The predicted octanol–water partition coefficient (Wildman–Crippen LogP) is 16.7. The molecule has 0 fully saturated rings. The highest BCUT2D eigenvalue weighted by Gasteiger charge is 2.34. The van der Waals surface area contributed by atoms with Gasteiger partial charge in [0.25, 0.3) is 0 Å². The molecule has 0 amide bonds. The van der Waals surface area contributed by atoms with Crippen LogP contribution in [0.15, 0.2) is 205 Å². The van der Waals surface area contributed by atoms with Gasteiger partial charge in [-0.2, -0.15) is 5.26 Å². The first kappa shape index (κ1) is 38.3. The smallest absolute Gasteiger partial charge is 0.237 e. The van der Waals surface area contributed by atoms with Crippen LogP contribution in [0.25, 0.3) is 137 Å². The first-order valence-electron chi connectivity index (χ1n) is 23.4. The minimum Gasteiger partial charge on any atom is -0.456 e. The van der Waals surface area contributed by atoms with Crippen LogP contribution in [-0.4, -0.2) is 18.3 Å². The molecule has 0 saturated heterocycles. The van der Waals surface area contributed by atoms with E-state index in [2.05, 4.69) is 213 Å². The van der Waals surface area contributed by atoms with Crippen molar-refractivity contribution in [2.45, 2.75) is 6.92 Å². The zero-order valence-corrected chi connectivity index (χ0v) is 37.6. The monoisotopic (exact) mass is 892 g/mol. The number of hydrogen-bond donors (Lipinski definition) is 0. The molecule has 15 aromatic rings. The first-order chi connectivity index (χ1) is 34.6. The topological polar surface area (TPSA) is 61.0 Å². The molecule has 10 aromatic carbocycles. The van der Waals surface area contributed by atoms with E-state index in [4.69, 9.17) is 9.26 Å². The number of rotatable bonds is 4. The number of para-hydroxylation sites is 7. The lowest BCUT2D eigenvalue weighted by Gasteiger charge is -2.27. The van der Waals surface area contributed by atoms with E-state index in [1.807, 2.05) is 18.2 Å². The van der Waals surface area contributed by atoms with E-state index in [1.54, 1.807) is 0 Å². The Bertz CT molecular complexity index is 4570. The van der Waals surface area contributed by atoms with Gasteiger partial charge in [-0.3, -0.25) is 0 Å². The Hall–Kier alpha value is -9.82. The second-order valence-corrected chi connectivity index (χ2v) is 18.3. The largest absolute Gasteiger partial charge is 0.456 e. The average Bonchev–Trinajstić information content (AvgIpc) is 4.20. The van der Waals surface area contributed by atoms with Crippen molar-refractivity contribution in [1.29, 1.82) is 5.26 Å². The number of benzene rings is 10. The van der Waals surface area contributed by atoms with E-state index < -0.39 is 0 Å². The van der Waals surface area contributed by atoms with Crippen LogP contribution in [0.3, 0.4) is 0 Å². The highest BCUT2D eigenvalue weighted by atomic mass is 16.3. The molecule has 0 aliphatic rings. The summed E-state index contributed by atoms with van der Waals surface area (Å²) in [6, 6.07) is 72.7. The first-order valence-corrected chi connectivity index (χ1v) is 23.4. The number of nitrogens with zero attached hydrogens (tertiary/aromatic N) is 6. The molecule has 0 aliphatic heterocycles. The average molecular weight is 893 g/mol. The summed E-state index contributed by atoms with van der Waals surface area (Å²) in [5.41, 5.74) is 13.4. The zero-order chi connectivity index (χ0) is 46.4. The Morgan fingerprint density at radius 3 is 1.26 bits per heavy atom. The van der Waals surface area contributed by atoms with E-state index in [-0.39, 0.29) is 0 Å². The lowest BCUT2D eigenvalue weighted by molar-refractivity contribution is 0.669. The van der Waals surface area contributed by atoms with Gasteiger partial charge in [0.15, 0.2) is 0 Å². The van der Waals surface area contributed by atoms with E-state index in [0.717, 1.165) is 120 Å². The minimum absolute atomic E-state index is 0.348. The molecule has 0 unspecified atom stereocenters. The highest BCUT2D eigenvalue weighted by molar-refractivity contribution is 6.20. The third kappa shape index (κ3) is 4.94. The molecule has 0 atom stereocenters. The van der Waals surface area contributed by atoms with Crippen molar-refractivity contribution in [2.24, 2.45) is 0 Å². The van der Waals surface area contributed by atoms with Crippen molar-refractivity contribution in [3.05, 3.63) is 223 Å². The highest BCUT2D eigenvalue weighted by Crippen LogP contribution is 2.52. The van der Waals surface area contributed by atoms with E-state index in [0.29, 0.717) is 28.3 Å². The lowest BCUT2D eigenvalue weighted by atomic mass is 10.0. The Morgan fingerprint density at radius 2 is 0.771 bits per heavy atom. The minimum atomic E-state index is 0.348. The number of fused-ring (bicyclic) bond motifs is 15. The Kier molecular flexibility index (Phi) is 7.72. The van der Waals surface area contributed by atoms with Gasteiger partial charge in [-0.05, 0) is 73.7 Å². The third-order valence-electron chi connectivity index (χ3n) is 14.6. The molecule has 0 radical (unpaired) electrons. The quantitative estimate of drug-likeness (QED) is 0.165. The van der Waals surface area contributed by atoms with Crippen LogP contribution in [-0.2, 0) is 0 Å². The van der Waals surface area contributed by atoms with Gasteiger partial charge in [0, 0.05) is 53.9 Å². The van der Waals surface area contributed by atoms with Gasteiger partial charge >= 0.3 is 0 Å². The SMILES string of the molecule is [C-]#[N+]c1c(-n2c3ccc(C)cc3c3cc4oc5ccccc5c4cc32)c(C#N)c(-n2c3ccccc3c3ccccc32)c(-n2c3ccccc3c3ccccc32)c1-n1c2ccccc2c2ccccc21. The lowest BCUT2D eigenvalue weighted by Crippen LogP contribution is -2.14. The van der Waals surface area contributed by atoms with Crippen LogP contribution in [0.4, 0.5) is 5.69 Å². The van der Waals surface area contributed by atoms with Gasteiger partial charge in [-0.25, -0.2) is 4.85 Å². The standard InChI is InChI=1S/C63H36N6O/c1-37-31-32-55-45(33-37)46-35-58-47(44-23-9-16-30-57(44)70-58)34-56(46)69(55)60-48(36-64)61(66-49-24-10-3-17-38(49)39-18-4-11-25-50(39)66)63(68-53-28-14-7-21-42(53)43-22-8-15-29-54(43)68)62(59(60)65-2)67-51-26-12-5-19-40(51)41-20-6-13-27-52(41)67/h3-35H,1H3. The number of nitriles is 1. The molecule has 0 saturated carbocycles. The van der Waals surface area contributed by atoms with Crippen molar-refractivity contribution in [3.63, 3.8) is 0 Å². The molecule has 0 N–H and O–H groups in total. The molecule has 15 rings (SSSR count). The molecule has 324 valence electrons. The van der Waals surface area contributed by atoms with Gasteiger partial charge in [-0.1, -0.05) is 139 Å². The summed E-state index contributed by atoms with van der Waals surface area (Å²) < 4.78 is 15.6. The van der Waals surface area contributed by atoms with Gasteiger partial charge in [0.1, 0.15) is 17.2 Å². The summed E-state index contributed by atoms with van der Waals surface area (Å²) >= 11 is 0. The Labute approximate surface area is 399 Å². The normalized spacial score (nSPS) is 12.0. The van der Waals surface area contributed by atoms with Crippen LogP contribution in [0, 0.1) is 24.8 Å². The fourth-order valence-corrected chi connectivity index (χ4v) is 11.8. The second kappa shape index (κ2) is 14.1. The number of aromatic nitrogens is 4. The maximum absolute atomic E-state index is 12.4. The van der Waals surface area contributed by atoms with Crippen molar-refractivity contribution in [2.75, 3.05) is 0 Å². The molecule has 70 heavy (non-hydrogen) atoms. The van der Waals surface area contributed by atoms with Gasteiger partial charge in [0.2, 0.25) is 5.69 Å². The third-order valence-corrected chi connectivity index (χ3v) is 14.6. The summed E-state index contributed by atoms with van der Waals surface area (Å²) in [4.78, 5) is 4.73. The zero-order valence-electron chi connectivity index (χ0n) is 37.6. The molecule has 7 nitrogen and oxygen atoms in total. The van der Waals surface area contributed by atoms with Crippen LogP contribution in [0.1, 0.15) is 11.1 Å². The van der Waals surface area contributed by atoms with Gasteiger partial charge in [-0.15, -0.1) is 0 Å². The molecule has 0 bridgehead atoms. The van der Waals surface area contributed by atoms with Crippen LogP contribution in [0.5, 0.6) is 0 Å². The number of furan rings is 1. The van der Waals surface area contributed by atoms with Crippen LogP contribution >= 0.6 is 0 Å². The van der Waals surface area contributed by atoms with Crippen molar-refractivity contribution < 1.29 is 4.42 Å². The molecule has 0 aliphatic carbocycles. The van der Waals surface area contributed by atoms with Crippen molar-refractivity contribution in [3.8, 4) is 28.8 Å². The summed E-state index contributed by atoms with van der Waals surface area (Å²) in [5, 5.41) is 22.7. The molecule has 5 aromatic heterocycles. The summed E-state index contributed by atoms with van der Waals surface area (Å²) in [7, 11) is 0. The Morgan fingerprint density at radius 1 is 0.371 bits per heavy atom. The van der Waals surface area contributed by atoms with Gasteiger partial charge in [0.05, 0.1) is 79.0 Å². The van der Waals surface area contributed by atoms with E-state index in [1.165, 1.54) is 0 Å². The fraction of sp³-hybridized carbons (Fsp3) is 0.0159. The van der Waals surface area contributed by atoms with E-state index >= 15 is 0 Å². The van der Waals surface area contributed by atoms with Crippen molar-refractivity contribution in [1.82, 2.24) is 18.3 Å². The van der Waals surface area contributed by atoms with Gasteiger partial charge < -0.3 is 22.7 Å². The fourth-order valence-electron chi connectivity index (χ4n) is 11.8. The number of hydrogen-bond acceptors (Lipinski definition) is 2. The van der Waals surface area contributed by atoms with E-state index in [9.17, 15) is 11.8 Å². The van der Waals surface area contributed by atoms with Crippen molar-refractivity contribution >= 4 is 115 Å². The molecular formula is C63H36N6O. The molecule has 5 heterocycles.